The van der Waals surface area contributed by atoms with Gasteiger partial charge in [0.1, 0.15) is 5.92 Å². The molecule has 1 aromatic rings. The second-order valence-corrected chi connectivity index (χ2v) is 5.64. The van der Waals surface area contributed by atoms with Crippen molar-refractivity contribution in [3.8, 4) is 0 Å². The van der Waals surface area contributed by atoms with E-state index in [9.17, 15) is 14.4 Å². The summed E-state index contributed by atoms with van der Waals surface area (Å²) in [4.78, 5) is 37.2. The van der Waals surface area contributed by atoms with Crippen LogP contribution in [0.1, 0.15) is 24.3 Å². The van der Waals surface area contributed by atoms with Crippen LogP contribution in [0.4, 0.5) is 4.79 Å². The topological polar surface area (TPSA) is 66.5 Å². The van der Waals surface area contributed by atoms with Gasteiger partial charge in [-0.2, -0.15) is 0 Å². The summed E-state index contributed by atoms with van der Waals surface area (Å²) >= 11 is 3.31. The van der Waals surface area contributed by atoms with Gasteiger partial charge in [-0.1, -0.05) is 28.1 Å². The molecule has 0 radical (unpaired) electrons. The summed E-state index contributed by atoms with van der Waals surface area (Å²) in [5.41, 5.74) is 0.593. The SMILES string of the molecule is O=C1NC(=O)N(C2CC2)C(=O)C1c1cccc(Br)c1. The van der Waals surface area contributed by atoms with E-state index in [1.807, 2.05) is 6.07 Å². The Morgan fingerprint density at radius 2 is 1.95 bits per heavy atom. The molecule has 1 N–H and O–H groups in total. The molecule has 0 bridgehead atoms. The lowest BCUT2D eigenvalue weighted by Crippen LogP contribution is -2.57. The van der Waals surface area contributed by atoms with E-state index in [0.29, 0.717) is 5.56 Å². The quantitative estimate of drug-likeness (QED) is 0.844. The highest BCUT2D eigenvalue weighted by molar-refractivity contribution is 9.10. The summed E-state index contributed by atoms with van der Waals surface area (Å²) in [6.45, 7) is 0. The number of nitrogens with zero attached hydrogens (tertiary/aromatic N) is 1. The molecule has 1 saturated heterocycles. The number of nitrogens with one attached hydrogen (secondary N) is 1. The van der Waals surface area contributed by atoms with Crippen LogP contribution in [0.15, 0.2) is 28.7 Å². The van der Waals surface area contributed by atoms with Crippen molar-refractivity contribution in [3.63, 3.8) is 0 Å². The second kappa shape index (κ2) is 4.45. The number of barbiturate groups is 1. The third kappa shape index (κ3) is 2.16. The number of imide groups is 2. The largest absolute Gasteiger partial charge is 0.331 e. The van der Waals surface area contributed by atoms with Gasteiger partial charge in [-0.3, -0.25) is 19.8 Å². The van der Waals surface area contributed by atoms with Crippen LogP contribution >= 0.6 is 15.9 Å². The zero-order chi connectivity index (χ0) is 13.6. The molecule has 1 aliphatic heterocycles. The van der Waals surface area contributed by atoms with E-state index in [1.54, 1.807) is 18.2 Å². The van der Waals surface area contributed by atoms with Crippen LogP contribution in [-0.2, 0) is 9.59 Å². The summed E-state index contributed by atoms with van der Waals surface area (Å²) in [5, 5.41) is 2.26. The third-order valence-corrected chi connectivity index (χ3v) is 3.78. The Kier molecular flexibility index (Phi) is 2.89. The van der Waals surface area contributed by atoms with Crippen molar-refractivity contribution in [1.29, 1.82) is 0 Å². The first-order valence-corrected chi connectivity index (χ1v) is 6.80. The maximum atomic E-state index is 12.4. The van der Waals surface area contributed by atoms with Gasteiger partial charge in [0.25, 0.3) is 0 Å². The fraction of sp³-hybridized carbons (Fsp3) is 0.308. The first-order chi connectivity index (χ1) is 9.08. The zero-order valence-corrected chi connectivity index (χ0v) is 11.5. The zero-order valence-electron chi connectivity index (χ0n) is 9.93. The minimum absolute atomic E-state index is 0.0461. The van der Waals surface area contributed by atoms with Crippen molar-refractivity contribution < 1.29 is 14.4 Å². The molecule has 1 aliphatic carbocycles. The van der Waals surface area contributed by atoms with Crippen LogP contribution in [0.25, 0.3) is 0 Å². The molecular formula is C13H11BrN2O3. The predicted molar refractivity (Wildman–Crippen MR) is 70.3 cm³/mol. The minimum atomic E-state index is -0.934. The second-order valence-electron chi connectivity index (χ2n) is 4.72. The molecule has 98 valence electrons. The van der Waals surface area contributed by atoms with E-state index in [2.05, 4.69) is 21.2 Å². The monoisotopic (exact) mass is 322 g/mol. The molecule has 19 heavy (non-hydrogen) atoms. The molecule has 1 atom stereocenters. The summed E-state index contributed by atoms with van der Waals surface area (Å²) in [6.07, 6.45) is 1.64. The molecule has 1 unspecified atom stereocenters. The van der Waals surface area contributed by atoms with Crippen LogP contribution < -0.4 is 5.32 Å². The van der Waals surface area contributed by atoms with Crippen LogP contribution in [0.5, 0.6) is 0 Å². The number of carbonyl (C=O) groups excluding carboxylic acids is 3. The number of halogens is 1. The van der Waals surface area contributed by atoms with Gasteiger partial charge in [0, 0.05) is 10.5 Å². The Balaban J connectivity index is 1.97. The fourth-order valence-electron chi connectivity index (χ4n) is 2.25. The summed E-state index contributed by atoms with van der Waals surface area (Å²) < 4.78 is 0.792. The van der Waals surface area contributed by atoms with Gasteiger partial charge in [-0.15, -0.1) is 0 Å². The standard InChI is InChI=1S/C13H11BrN2O3/c14-8-3-1-2-7(6-8)10-11(17)15-13(19)16(12(10)18)9-4-5-9/h1-3,6,9-10H,4-5H2,(H,15,17,19). The first kappa shape index (κ1) is 12.3. The molecule has 0 spiro atoms. The van der Waals surface area contributed by atoms with E-state index in [4.69, 9.17) is 0 Å². The van der Waals surface area contributed by atoms with Gasteiger partial charge in [-0.25, -0.2) is 4.79 Å². The Hall–Kier alpha value is -1.69. The minimum Gasteiger partial charge on any atom is -0.277 e. The average Bonchev–Trinajstić information content (AvgIpc) is 3.12. The van der Waals surface area contributed by atoms with Crippen molar-refractivity contribution >= 4 is 33.8 Å². The molecule has 1 heterocycles. The number of hydrogen-bond donors (Lipinski definition) is 1. The van der Waals surface area contributed by atoms with Gasteiger partial charge in [0.05, 0.1) is 0 Å². The highest BCUT2D eigenvalue weighted by Gasteiger charge is 2.47. The molecule has 5 nitrogen and oxygen atoms in total. The van der Waals surface area contributed by atoms with Crippen molar-refractivity contribution in [1.82, 2.24) is 10.2 Å². The maximum Gasteiger partial charge on any atom is 0.331 e. The molecule has 1 aromatic carbocycles. The molecular weight excluding hydrogens is 312 g/mol. The molecule has 3 rings (SSSR count). The fourth-order valence-corrected chi connectivity index (χ4v) is 2.66. The third-order valence-electron chi connectivity index (χ3n) is 3.29. The molecule has 4 amide bonds. The lowest BCUT2D eigenvalue weighted by molar-refractivity contribution is -0.139. The lowest BCUT2D eigenvalue weighted by Gasteiger charge is -2.30. The van der Waals surface area contributed by atoms with Crippen LogP contribution in [0.2, 0.25) is 0 Å². The Labute approximate surface area is 118 Å². The smallest absolute Gasteiger partial charge is 0.277 e. The van der Waals surface area contributed by atoms with E-state index < -0.39 is 23.8 Å². The molecule has 6 heteroatoms. The molecule has 2 fully saturated rings. The molecule has 2 aliphatic rings. The maximum absolute atomic E-state index is 12.4. The number of urea groups is 1. The Morgan fingerprint density at radius 3 is 2.58 bits per heavy atom. The Bertz CT molecular complexity index is 583. The van der Waals surface area contributed by atoms with Gasteiger partial charge in [-0.05, 0) is 30.5 Å². The van der Waals surface area contributed by atoms with Gasteiger partial charge >= 0.3 is 6.03 Å². The number of amides is 4. The summed E-state index contributed by atoms with van der Waals surface area (Å²) in [6, 6.07) is 6.38. The number of benzene rings is 1. The lowest BCUT2D eigenvalue weighted by atomic mass is 9.95. The van der Waals surface area contributed by atoms with E-state index in [-0.39, 0.29) is 6.04 Å². The first-order valence-electron chi connectivity index (χ1n) is 6.01. The molecule has 1 saturated carbocycles. The van der Waals surface area contributed by atoms with Crippen molar-refractivity contribution in [3.05, 3.63) is 34.3 Å². The molecule has 0 aromatic heterocycles. The van der Waals surface area contributed by atoms with E-state index in [0.717, 1.165) is 17.3 Å². The average molecular weight is 323 g/mol. The number of rotatable bonds is 2. The summed E-state index contributed by atoms with van der Waals surface area (Å²) in [5.74, 6) is -1.91. The highest BCUT2D eigenvalue weighted by atomic mass is 79.9. The van der Waals surface area contributed by atoms with Crippen molar-refractivity contribution in [2.75, 3.05) is 0 Å². The predicted octanol–water partition coefficient (Wildman–Crippen LogP) is 1.77. The number of carbonyl (C=O) groups is 3. The van der Waals surface area contributed by atoms with Crippen LogP contribution in [0, 0.1) is 0 Å². The highest BCUT2D eigenvalue weighted by Crippen LogP contribution is 2.33. The van der Waals surface area contributed by atoms with Crippen LogP contribution in [0.3, 0.4) is 0 Å². The Morgan fingerprint density at radius 1 is 1.21 bits per heavy atom. The van der Waals surface area contributed by atoms with Crippen molar-refractivity contribution in [2.24, 2.45) is 0 Å². The van der Waals surface area contributed by atoms with Gasteiger partial charge in [0.15, 0.2) is 0 Å². The van der Waals surface area contributed by atoms with E-state index >= 15 is 0 Å². The van der Waals surface area contributed by atoms with Gasteiger partial charge in [0.2, 0.25) is 11.8 Å². The summed E-state index contributed by atoms with van der Waals surface area (Å²) in [7, 11) is 0. The van der Waals surface area contributed by atoms with E-state index in [1.165, 1.54) is 4.90 Å². The normalized spacial score (nSPS) is 23.5. The van der Waals surface area contributed by atoms with Gasteiger partial charge < -0.3 is 0 Å². The van der Waals surface area contributed by atoms with Crippen molar-refractivity contribution in [2.45, 2.75) is 24.8 Å². The number of hydrogen-bond acceptors (Lipinski definition) is 3. The van der Waals surface area contributed by atoms with Crippen LogP contribution in [-0.4, -0.2) is 28.8 Å².